The largest absolute Gasteiger partial charge is 0.337 e. The molecular formula is C20H24FN3O3S. The first-order chi connectivity index (χ1) is 13.3. The number of halogens is 1. The number of anilines is 1. The van der Waals surface area contributed by atoms with Gasteiger partial charge in [0.25, 0.3) is 15.9 Å². The quantitative estimate of drug-likeness (QED) is 0.849. The van der Waals surface area contributed by atoms with Gasteiger partial charge in [0.2, 0.25) is 0 Å². The highest BCUT2D eigenvalue weighted by molar-refractivity contribution is 7.92. The van der Waals surface area contributed by atoms with Crippen LogP contribution < -0.4 is 4.72 Å². The lowest BCUT2D eigenvalue weighted by molar-refractivity contribution is 0.0764. The molecule has 1 aliphatic heterocycles. The Kier molecular flexibility index (Phi) is 6.00. The molecule has 0 aliphatic carbocycles. The Labute approximate surface area is 165 Å². The number of carbonyl (C=O) groups is 1. The van der Waals surface area contributed by atoms with Crippen molar-refractivity contribution < 1.29 is 17.6 Å². The van der Waals surface area contributed by atoms with Crippen molar-refractivity contribution in [3.8, 4) is 0 Å². The molecular weight excluding hydrogens is 381 g/mol. The zero-order valence-corrected chi connectivity index (χ0v) is 16.8. The van der Waals surface area contributed by atoms with Gasteiger partial charge in [-0.2, -0.15) is 0 Å². The topological polar surface area (TPSA) is 69.7 Å². The fourth-order valence-corrected chi connectivity index (χ4v) is 4.33. The molecule has 0 saturated carbocycles. The third-order valence-corrected chi connectivity index (χ3v) is 6.21. The standard InChI is InChI=1S/C20H24FN3O3S/c1-15-14-16(8-9-18(15)21)28(26,27)22-19-7-4-3-6-17(19)20(25)24-11-5-10-23(2)12-13-24/h3-4,6-9,14,22H,5,10-13H2,1-2H3. The van der Waals surface area contributed by atoms with Gasteiger partial charge in [0.15, 0.2) is 0 Å². The van der Waals surface area contributed by atoms with Crippen LogP contribution in [0.3, 0.4) is 0 Å². The number of rotatable bonds is 4. The number of nitrogens with zero attached hydrogens (tertiary/aromatic N) is 2. The normalized spacial score (nSPS) is 15.9. The first-order valence-corrected chi connectivity index (χ1v) is 10.6. The minimum Gasteiger partial charge on any atom is -0.337 e. The van der Waals surface area contributed by atoms with Crippen molar-refractivity contribution in [3.05, 3.63) is 59.4 Å². The highest BCUT2D eigenvalue weighted by Gasteiger charge is 2.23. The molecule has 0 bridgehead atoms. The molecule has 1 saturated heterocycles. The van der Waals surface area contributed by atoms with Crippen LogP contribution in [0.2, 0.25) is 0 Å². The van der Waals surface area contributed by atoms with Crippen molar-refractivity contribution >= 4 is 21.6 Å². The van der Waals surface area contributed by atoms with E-state index in [1.54, 1.807) is 29.2 Å². The van der Waals surface area contributed by atoms with Crippen molar-refractivity contribution in [2.75, 3.05) is 37.9 Å². The lowest BCUT2D eigenvalue weighted by Crippen LogP contribution is -2.35. The van der Waals surface area contributed by atoms with Crippen molar-refractivity contribution in [1.82, 2.24) is 9.80 Å². The average Bonchev–Trinajstić information content (AvgIpc) is 2.88. The van der Waals surface area contributed by atoms with E-state index in [1.165, 1.54) is 19.1 Å². The third-order valence-electron chi connectivity index (χ3n) is 4.85. The zero-order valence-electron chi connectivity index (χ0n) is 16.0. The maximum atomic E-state index is 13.5. The lowest BCUT2D eigenvalue weighted by Gasteiger charge is -2.22. The monoisotopic (exact) mass is 405 g/mol. The van der Waals surface area contributed by atoms with Gasteiger partial charge < -0.3 is 9.80 Å². The summed E-state index contributed by atoms with van der Waals surface area (Å²) in [6, 6.07) is 10.1. The molecule has 2 aromatic carbocycles. The molecule has 3 rings (SSSR count). The fraction of sp³-hybridized carbons (Fsp3) is 0.350. The Morgan fingerprint density at radius 1 is 1.07 bits per heavy atom. The van der Waals surface area contributed by atoms with Crippen LogP contribution in [0.4, 0.5) is 10.1 Å². The molecule has 0 radical (unpaired) electrons. The van der Waals surface area contributed by atoms with Crippen molar-refractivity contribution in [2.24, 2.45) is 0 Å². The summed E-state index contributed by atoms with van der Waals surface area (Å²) in [5.41, 5.74) is 0.752. The minimum absolute atomic E-state index is 0.0509. The van der Waals surface area contributed by atoms with E-state index in [0.29, 0.717) is 18.7 Å². The summed E-state index contributed by atoms with van der Waals surface area (Å²) >= 11 is 0. The number of nitrogens with one attached hydrogen (secondary N) is 1. The van der Waals surface area contributed by atoms with E-state index >= 15 is 0 Å². The van der Waals surface area contributed by atoms with E-state index in [4.69, 9.17) is 0 Å². The Balaban J connectivity index is 1.87. The second-order valence-electron chi connectivity index (χ2n) is 7.01. The Morgan fingerprint density at radius 2 is 1.82 bits per heavy atom. The number of aryl methyl sites for hydroxylation is 1. The fourth-order valence-electron chi connectivity index (χ4n) is 3.17. The van der Waals surface area contributed by atoms with Gasteiger partial charge >= 0.3 is 0 Å². The molecule has 8 heteroatoms. The smallest absolute Gasteiger partial charge is 0.261 e. The second kappa shape index (κ2) is 8.28. The van der Waals surface area contributed by atoms with E-state index in [-0.39, 0.29) is 22.1 Å². The molecule has 0 aromatic heterocycles. The summed E-state index contributed by atoms with van der Waals surface area (Å²) in [6.45, 7) is 4.41. The number of carbonyl (C=O) groups excluding carboxylic acids is 1. The highest BCUT2D eigenvalue weighted by Crippen LogP contribution is 2.23. The molecule has 0 spiro atoms. The molecule has 0 atom stereocenters. The highest BCUT2D eigenvalue weighted by atomic mass is 32.2. The molecule has 150 valence electrons. The number of benzene rings is 2. The average molecular weight is 405 g/mol. The summed E-state index contributed by atoms with van der Waals surface area (Å²) in [4.78, 5) is 16.9. The van der Waals surface area contributed by atoms with E-state index in [9.17, 15) is 17.6 Å². The zero-order chi connectivity index (χ0) is 20.3. The number of hydrogen-bond acceptors (Lipinski definition) is 4. The van der Waals surface area contributed by atoms with Crippen molar-refractivity contribution in [2.45, 2.75) is 18.2 Å². The number of hydrogen-bond donors (Lipinski definition) is 1. The predicted octanol–water partition coefficient (Wildman–Crippen LogP) is 2.71. The molecule has 2 aromatic rings. The van der Waals surface area contributed by atoms with E-state index < -0.39 is 15.8 Å². The summed E-state index contributed by atoms with van der Waals surface area (Å²) in [5.74, 6) is -0.676. The molecule has 6 nitrogen and oxygen atoms in total. The van der Waals surface area contributed by atoms with Gasteiger partial charge in [0.05, 0.1) is 16.1 Å². The van der Waals surface area contributed by atoms with Gasteiger partial charge in [-0.3, -0.25) is 9.52 Å². The maximum absolute atomic E-state index is 13.5. The van der Waals surface area contributed by atoms with Crippen LogP contribution >= 0.6 is 0 Å². The van der Waals surface area contributed by atoms with Gasteiger partial charge in [-0.05, 0) is 62.8 Å². The van der Waals surface area contributed by atoms with Gasteiger partial charge in [0, 0.05) is 19.6 Å². The molecule has 1 heterocycles. The predicted molar refractivity (Wildman–Crippen MR) is 106 cm³/mol. The molecule has 1 N–H and O–H groups in total. The van der Waals surface area contributed by atoms with E-state index in [2.05, 4.69) is 9.62 Å². The lowest BCUT2D eigenvalue weighted by atomic mass is 10.1. The van der Waals surface area contributed by atoms with Crippen LogP contribution in [0.1, 0.15) is 22.3 Å². The Hall–Kier alpha value is -2.45. The molecule has 28 heavy (non-hydrogen) atoms. The molecule has 1 aliphatic rings. The summed E-state index contributed by atoms with van der Waals surface area (Å²) < 4.78 is 41.5. The number of sulfonamides is 1. The number of amides is 1. The second-order valence-corrected chi connectivity index (χ2v) is 8.69. The van der Waals surface area contributed by atoms with Crippen LogP contribution in [0, 0.1) is 12.7 Å². The first kappa shape index (κ1) is 20.3. The van der Waals surface area contributed by atoms with Gasteiger partial charge in [-0.15, -0.1) is 0 Å². The van der Waals surface area contributed by atoms with Gasteiger partial charge in [-0.1, -0.05) is 12.1 Å². The molecule has 1 fully saturated rings. The van der Waals surface area contributed by atoms with E-state index in [1.807, 2.05) is 7.05 Å². The number of para-hydroxylation sites is 1. The molecule has 1 amide bonds. The number of likely N-dealkylation sites (N-methyl/N-ethyl adjacent to an activating group) is 1. The third kappa shape index (κ3) is 4.51. The van der Waals surface area contributed by atoms with Crippen LogP contribution in [-0.4, -0.2) is 57.4 Å². The van der Waals surface area contributed by atoms with Crippen LogP contribution in [0.25, 0.3) is 0 Å². The summed E-state index contributed by atoms with van der Waals surface area (Å²) in [5, 5.41) is 0. The van der Waals surface area contributed by atoms with Crippen molar-refractivity contribution in [3.63, 3.8) is 0 Å². The van der Waals surface area contributed by atoms with Crippen LogP contribution in [0.5, 0.6) is 0 Å². The summed E-state index contributed by atoms with van der Waals surface area (Å²) in [6.07, 6.45) is 0.866. The Morgan fingerprint density at radius 3 is 2.57 bits per heavy atom. The van der Waals surface area contributed by atoms with Crippen LogP contribution in [0.15, 0.2) is 47.4 Å². The minimum atomic E-state index is -3.95. The van der Waals surface area contributed by atoms with Crippen molar-refractivity contribution in [1.29, 1.82) is 0 Å². The van der Waals surface area contributed by atoms with E-state index in [0.717, 1.165) is 25.6 Å². The Bertz CT molecular complexity index is 978. The van der Waals surface area contributed by atoms with Gasteiger partial charge in [0.1, 0.15) is 5.82 Å². The molecule has 0 unspecified atom stereocenters. The maximum Gasteiger partial charge on any atom is 0.261 e. The first-order valence-electron chi connectivity index (χ1n) is 9.14. The van der Waals surface area contributed by atoms with Crippen LogP contribution in [-0.2, 0) is 10.0 Å². The van der Waals surface area contributed by atoms with Gasteiger partial charge in [-0.25, -0.2) is 12.8 Å². The SMILES string of the molecule is Cc1cc(S(=O)(=O)Nc2ccccc2C(=O)N2CCCN(C)CC2)ccc1F. The summed E-state index contributed by atoms with van der Waals surface area (Å²) in [7, 11) is -1.94.